The average Bonchev–Trinajstić information content (AvgIpc) is 3.78. The highest BCUT2D eigenvalue weighted by atomic mass is 15.2. The first kappa shape index (κ1) is 25.8. The summed E-state index contributed by atoms with van der Waals surface area (Å²) in [4.78, 5) is 10.5. The normalized spacial score (nSPS) is 11.8. The van der Waals surface area contributed by atoms with Crippen LogP contribution in [0.25, 0.3) is 83.5 Å². The van der Waals surface area contributed by atoms with Crippen molar-refractivity contribution in [2.75, 3.05) is 0 Å². The lowest BCUT2D eigenvalue weighted by Crippen LogP contribution is -2.04. The number of imidazole rings is 1. The van der Waals surface area contributed by atoms with E-state index >= 15 is 0 Å². The Hall–Kier alpha value is -6.46. The molecule has 47 heavy (non-hydrogen) atoms. The second-order valence-corrected chi connectivity index (χ2v) is 11.9. The van der Waals surface area contributed by atoms with Gasteiger partial charge >= 0.3 is 0 Å². The number of nitrogens with zero attached hydrogens (tertiary/aromatic N) is 5. The van der Waals surface area contributed by atoms with Crippen molar-refractivity contribution in [1.82, 2.24) is 23.5 Å². The van der Waals surface area contributed by atoms with E-state index in [0.29, 0.717) is 5.95 Å². The van der Waals surface area contributed by atoms with Crippen molar-refractivity contribution in [3.05, 3.63) is 164 Å². The number of hydrogen-bond acceptors (Lipinski definition) is 2. The molecule has 0 aliphatic carbocycles. The van der Waals surface area contributed by atoms with E-state index in [0.717, 1.165) is 66.7 Å². The maximum Gasteiger partial charge on any atom is 0.235 e. The number of hydrogen-bond donors (Lipinski definition) is 0. The fourth-order valence-electron chi connectivity index (χ4n) is 7.14. The number of fused-ring (bicyclic) bond motifs is 8. The van der Waals surface area contributed by atoms with E-state index in [1.165, 1.54) is 10.9 Å². The molecular weight excluding hydrogens is 574 g/mol. The van der Waals surface area contributed by atoms with Crippen molar-refractivity contribution < 1.29 is 0 Å². The Morgan fingerprint density at radius 3 is 1.68 bits per heavy atom. The average molecular weight is 602 g/mol. The second kappa shape index (κ2) is 10.0. The molecular formula is C42H27N5. The Morgan fingerprint density at radius 1 is 0.383 bits per heavy atom. The van der Waals surface area contributed by atoms with Crippen LogP contribution < -0.4 is 0 Å². The molecule has 0 fully saturated rings. The topological polar surface area (TPSA) is 40.0 Å². The maximum atomic E-state index is 5.25. The van der Waals surface area contributed by atoms with Crippen LogP contribution in [0.15, 0.2) is 164 Å². The lowest BCUT2D eigenvalue weighted by atomic mass is 10.1. The minimum atomic E-state index is 0.644. The maximum absolute atomic E-state index is 5.25. The van der Waals surface area contributed by atoms with Gasteiger partial charge in [0.05, 0.1) is 39.0 Å². The van der Waals surface area contributed by atoms with Crippen LogP contribution in [0.4, 0.5) is 0 Å². The van der Waals surface area contributed by atoms with E-state index < -0.39 is 0 Å². The van der Waals surface area contributed by atoms with Gasteiger partial charge in [-0.2, -0.15) is 0 Å². The first-order chi connectivity index (χ1) is 23.3. The smallest absolute Gasteiger partial charge is 0.235 e. The molecule has 5 heteroatoms. The van der Waals surface area contributed by atoms with Gasteiger partial charge in [-0.15, -0.1) is 0 Å². The van der Waals surface area contributed by atoms with E-state index in [2.05, 4.69) is 165 Å². The summed E-state index contributed by atoms with van der Waals surface area (Å²) in [5.74, 6) is 0.644. The Kier molecular flexibility index (Phi) is 5.51. The molecule has 6 aromatic carbocycles. The number of benzene rings is 6. The zero-order valence-electron chi connectivity index (χ0n) is 25.3. The highest BCUT2D eigenvalue weighted by Crippen LogP contribution is 2.38. The number of aromatic nitrogens is 5. The molecule has 5 nitrogen and oxygen atoms in total. The van der Waals surface area contributed by atoms with Crippen LogP contribution in [0, 0.1) is 0 Å². The minimum Gasteiger partial charge on any atom is -0.294 e. The summed E-state index contributed by atoms with van der Waals surface area (Å²) in [6.45, 7) is 0. The van der Waals surface area contributed by atoms with Crippen molar-refractivity contribution in [3.8, 4) is 34.2 Å². The zero-order chi connectivity index (χ0) is 30.9. The fourth-order valence-corrected chi connectivity index (χ4v) is 7.14. The van der Waals surface area contributed by atoms with Gasteiger partial charge in [-0.05, 0) is 48.5 Å². The third-order valence-corrected chi connectivity index (χ3v) is 9.24. The van der Waals surface area contributed by atoms with Crippen LogP contribution in [0.2, 0.25) is 0 Å². The molecule has 0 saturated carbocycles. The van der Waals surface area contributed by atoms with Gasteiger partial charge < -0.3 is 0 Å². The van der Waals surface area contributed by atoms with Crippen molar-refractivity contribution in [2.45, 2.75) is 0 Å². The standard InChI is InChI=1S/C42H27N5/c1-4-14-28(15-5-1)34-26-35(29-16-6-2-7-17-29)44-42(43-34)47-37-23-13-11-21-32(37)33-25-39-40(27-38(33)47)45(31-19-8-3-9-20-31)41-24-30-18-10-12-22-36(30)46(39)41/h1-27H. The van der Waals surface area contributed by atoms with Crippen molar-refractivity contribution in [2.24, 2.45) is 0 Å². The molecule has 0 bridgehead atoms. The summed E-state index contributed by atoms with van der Waals surface area (Å²) in [6.07, 6.45) is 0. The van der Waals surface area contributed by atoms with Gasteiger partial charge in [0, 0.05) is 33.0 Å². The molecule has 0 aliphatic heterocycles. The predicted octanol–water partition coefficient (Wildman–Crippen LogP) is 10.3. The zero-order valence-corrected chi connectivity index (χ0v) is 25.3. The predicted molar refractivity (Wildman–Crippen MR) is 193 cm³/mol. The monoisotopic (exact) mass is 601 g/mol. The summed E-state index contributed by atoms with van der Waals surface area (Å²) < 4.78 is 7.00. The van der Waals surface area contributed by atoms with E-state index in [9.17, 15) is 0 Å². The van der Waals surface area contributed by atoms with Gasteiger partial charge in [-0.3, -0.25) is 13.5 Å². The van der Waals surface area contributed by atoms with Gasteiger partial charge in [0.15, 0.2) is 0 Å². The highest BCUT2D eigenvalue weighted by Gasteiger charge is 2.21. The van der Waals surface area contributed by atoms with Crippen LogP contribution in [-0.2, 0) is 0 Å². The van der Waals surface area contributed by atoms with Crippen molar-refractivity contribution >= 4 is 49.4 Å². The highest BCUT2D eigenvalue weighted by molar-refractivity contribution is 6.14. The summed E-state index contributed by atoms with van der Waals surface area (Å²) in [7, 11) is 0. The van der Waals surface area contributed by atoms with Crippen LogP contribution in [0.3, 0.4) is 0 Å². The SMILES string of the molecule is c1ccc(-c2cc(-c3ccccc3)nc(-n3c4ccccc4c4cc5c(cc43)n(-c3ccccc3)c3cc4ccccc4n53)n2)cc1. The third kappa shape index (κ3) is 3.90. The molecule has 0 aliphatic rings. The number of para-hydroxylation sites is 3. The largest absolute Gasteiger partial charge is 0.294 e. The molecule has 10 aromatic rings. The lowest BCUT2D eigenvalue weighted by molar-refractivity contribution is 0.995. The van der Waals surface area contributed by atoms with Crippen LogP contribution in [-0.4, -0.2) is 23.5 Å². The van der Waals surface area contributed by atoms with Crippen LogP contribution in [0.1, 0.15) is 0 Å². The third-order valence-electron chi connectivity index (χ3n) is 9.24. The first-order valence-electron chi connectivity index (χ1n) is 15.9. The van der Waals surface area contributed by atoms with Crippen molar-refractivity contribution in [3.63, 3.8) is 0 Å². The van der Waals surface area contributed by atoms with Crippen LogP contribution >= 0.6 is 0 Å². The Labute approximate surface area is 270 Å². The number of rotatable bonds is 4. The summed E-state index contributed by atoms with van der Waals surface area (Å²) in [6, 6.07) is 57.6. The lowest BCUT2D eigenvalue weighted by Gasteiger charge is -2.12. The van der Waals surface area contributed by atoms with Gasteiger partial charge in [0.1, 0.15) is 5.65 Å². The Morgan fingerprint density at radius 2 is 0.979 bits per heavy atom. The molecule has 0 N–H and O–H groups in total. The van der Waals surface area contributed by atoms with Crippen molar-refractivity contribution in [1.29, 1.82) is 0 Å². The van der Waals surface area contributed by atoms with Gasteiger partial charge in [0.2, 0.25) is 5.95 Å². The Balaban J connectivity index is 1.35. The molecule has 220 valence electrons. The minimum absolute atomic E-state index is 0.644. The summed E-state index contributed by atoms with van der Waals surface area (Å²) in [5, 5.41) is 3.54. The van der Waals surface area contributed by atoms with Gasteiger partial charge in [0.25, 0.3) is 0 Å². The Bertz CT molecular complexity index is 2710. The molecule has 0 saturated heterocycles. The molecule has 0 amide bonds. The van der Waals surface area contributed by atoms with Crippen LogP contribution in [0.5, 0.6) is 0 Å². The molecule has 0 atom stereocenters. The molecule has 4 heterocycles. The van der Waals surface area contributed by atoms with E-state index in [-0.39, 0.29) is 0 Å². The first-order valence-corrected chi connectivity index (χ1v) is 15.9. The molecule has 10 rings (SSSR count). The van der Waals surface area contributed by atoms with Gasteiger partial charge in [-0.1, -0.05) is 115 Å². The summed E-state index contributed by atoms with van der Waals surface area (Å²) in [5.41, 5.74) is 11.7. The van der Waals surface area contributed by atoms with E-state index in [1.807, 2.05) is 12.1 Å². The van der Waals surface area contributed by atoms with E-state index in [1.54, 1.807) is 0 Å². The second-order valence-electron chi connectivity index (χ2n) is 11.9. The quantitative estimate of drug-likeness (QED) is 0.201. The molecule has 0 radical (unpaired) electrons. The summed E-state index contributed by atoms with van der Waals surface area (Å²) >= 11 is 0. The fraction of sp³-hybridized carbons (Fsp3) is 0. The van der Waals surface area contributed by atoms with E-state index in [4.69, 9.17) is 9.97 Å². The van der Waals surface area contributed by atoms with Gasteiger partial charge in [-0.25, -0.2) is 9.97 Å². The molecule has 4 aromatic heterocycles. The molecule has 0 spiro atoms. The molecule has 0 unspecified atom stereocenters.